The molecule has 2 heterocycles. The predicted molar refractivity (Wildman–Crippen MR) is 73.4 cm³/mol. The normalized spacial score (nSPS) is 10.0. The first-order valence-corrected chi connectivity index (χ1v) is 6.60. The second-order valence-electron chi connectivity index (χ2n) is 3.90. The summed E-state index contributed by atoms with van der Waals surface area (Å²) in [4.78, 5) is 34.8. The Morgan fingerprint density at radius 3 is 2.71 bits per heavy atom. The Labute approximate surface area is 123 Å². The van der Waals surface area contributed by atoms with Gasteiger partial charge >= 0.3 is 6.09 Å². The fourth-order valence-corrected chi connectivity index (χ4v) is 2.21. The molecule has 0 unspecified atom stereocenters. The Balaban J connectivity index is 2.11. The second-order valence-corrected chi connectivity index (χ2v) is 4.81. The summed E-state index contributed by atoms with van der Waals surface area (Å²) in [7, 11) is 1.14. The van der Waals surface area contributed by atoms with Crippen molar-refractivity contribution in [2.75, 3.05) is 12.4 Å². The summed E-state index contributed by atoms with van der Waals surface area (Å²) >= 11 is 1.14. The van der Waals surface area contributed by atoms with Crippen LogP contribution in [-0.2, 0) is 4.74 Å². The fraction of sp³-hybridized carbons (Fsp3) is 0.167. The first-order valence-electron chi connectivity index (χ1n) is 5.72. The lowest BCUT2D eigenvalue weighted by Gasteiger charge is -2.04. The van der Waals surface area contributed by atoms with Crippen molar-refractivity contribution in [2.24, 2.45) is 0 Å². The summed E-state index contributed by atoms with van der Waals surface area (Å²) in [5, 5.41) is 10.0. The molecule has 21 heavy (non-hydrogen) atoms. The maximum Gasteiger partial charge on any atom is 0.413 e. The zero-order valence-electron chi connectivity index (χ0n) is 11.1. The van der Waals surface area contributed by atoms with Gasteiger partial charge in [0.1, 0.15) is 5.00 Å². The number of carbonyl (C=O) groups excluding carboxylic acids is 3. The molecule has 0 radical (unpaired) electrons. The molecule has 0 fully saturated rings. The molecule has 8 nitrogen and oxygen atoms in total. The van der Waals surface area contributed by atoms with Gasteiger partial charge in [0, 0.05) is 6.07 Å². The van der Waals surface area contributed by atoms with E-state index in [9.17, 15) is 14.4 Å². The number of alkyl carbamates (subject to hydrolysis) is 1. The van der Waals surface area contributed by atoms with Gasteiger partial charge in [0.15, 0.2) is 0 Å². The number of hydrogen-bond donors (Lipinski definition) is 2. The zero-order chi connectivity index (χ0) is 15.4. The summed E-state index contributed by atoms with van der Waals surface area (Å²) in [6, 6.07) is 2.95. The van der Waals surface area contributed by atoms with Gasteiger partial charge in [0.2, 0.25) is 5.76 Å². The number of nitrogens with zero attached hydrogens (tertiary/aromatic N) is 1. The minimum absolute atomic E-state index is 0.0280. The van der Waals surface area contributed by atoms with E-state index in [-0.39, 0.29) is 16.3 Å². The van der Waals surface area contributed by atoms with E-state index in [0.717, 1.165) is 18.4 Å². The van der Waals surface area contributed by atoms with Crippen molar-refractivity contribution in [1.29, 1.82) is 0 Å². The summed E-state index contributed by atoms with van der Waals surface area (Å²) < 4.78 is 9.16. The maximum atomic E-state index is 11.9. The van der Waals surface area contributed by atoms with E-state index in [2.05, 4.69) is 15.2 Å². The van der Waals surface area contributed by atoms with Gasteiger partial charge in [0.05, 0.1) is 18.4 Å². The number of thiophene rings is 1. The smallest absolute Gasteiger partial charge is 0.413 e. The Morgan fingerprint density at radius 2 is 2.10 bits per heavy atom. The molecule has 0 saturated heterocycles. The lowest BCUT2D eigenvalue weighted by atomic mass is 10.3. The minimum Gasteiger partial charge on any atom is -0.453 e. The predicted octanol–water partition coefficient (Wildman–Crippen LogP) is 1.79. The van der Waals surface area contributed by atoms with Crippen LogP contribution < -0.4 is 10.6 Å². The average molecular weight is 309 g/mol. The second kappa shape index (κ2) is 6.18. The van der Waals surface area contributed by atoms with Crippen LogP contribution in [0.4, 0.5) is 9.80 Å². The highest BCUT2D eigenvalue weighted by molar-refractivity contribution is 7.14. The molecule has 0 saturated carbocycles. The van der Waals surface area contributed by atoms with E-state index >= 15 is 0 Å². The van der Waals surface area contributed by atoms with E-state index in [1.54, 1.807) is 12.3 Å². The zero-order valence-corrected chi connectivity index (χ0v) is 11.9. The van der Waals surface area contributed by atoms with Crippen LogP contribution in [0.2, 0.25) is 0 Å². The van der Waals surface area contributed by atoms with Crippen molar-refractivity contribution >= 4 is 34.2 Å². The lowest BCUT2D eigenvalue weighted by molar-refractivity contribution is 0.0938. The van der Waals surface area contributed by atoms with E-state index in [1.165, 1.54) is 12.1 Å². The van der Waals surface area contributed by atoms with Crippen LogP contribution in [0.15, 0.2) is 22.0 Å². The summed E-state index contributed by atoms with van der Waals surface area (Å²) in [6.45, 7) is 1.68. The molecule has 3 amide bonds. The van der Waals surface area contributed by atoms with Crippen molar-refractivity contribution in [1.82, 2.24) is 10.5 Å². The Morgan fingerprint density at radius 1 is 1.33 bits per heavy atom. The fourth-order valence-electron chi connectivity index (χ4n) is 1.43. The lowest BCUT2D eigenvalue weighted by Crippen LogP contribution is -2.30. The number of imide groups is 1. The highest BCUT2D eigenvalue weighted by atomic mass is 32.1. The monoisotopic (exact) mass is 309 g/mol. The average Bonchev–Trinajstić information content (AvgIpc) is 3.07. The molecule has 2 rings (SSSR count). The topological polar surface area (TPSA) is 111 Å². The SMILES string of the molecule is COC(=O)NC(=O)c1ccsc1NC(=O)c1cc(C)no1. The van der Waals surface area contributed by atoms with E-state index in [1.807, 2.05) is 5.32 Å². The molecule has 2 N–H and O–H groups in total. The molecule has 0 aliphatic carbocycles. The highest BCUT2D eigenvalue weighted by Crippen LogP contribution is 2.24. The van der Waals surface area contributed by atoms with Crippen LogP contribution in [0, 0.1) is 6.92 Å². The molecule has 0 aliphatic heterocycles. The molecule has 9 heteroatoms. The van der Waals surface area contributed by atoms with Crippen molar-refractivity contribution in [3.05, 3.63) is 34.5 Å². The van der Waals surface area contributed by atoms with Gasteiger partial charge in [-0.1, -0.05) is 5.16 Å². The standard InChI is InChI=1S/C12H11N3O5S/c1-6-5-8(20-15-6)10(17)13-11-7(3-4-21-11)9(16)14-12(18)19-2/h3-5H,1-2H3,(H,13,17)(H,14,16,18). The number of carbonyl (C=O) groups is 3. The molecule has 0 bridgehead atoms. The number of aromatic nitrogens is 1. The summed E-state index contributed by atoms with van der Waals surface area (Å²) in [5.74, 6) is -1.18. The van der Waals surface area contributed by atoms with E-state index in [0.29, 0.717) is 5.69 Å². The molecule has 0 atom stereocenters. The molecule has 0 spiro atoms. The van der Waals surface area contributed by atoms with Gasteiger partial charge in [0.25, 0.3) is 11.8 Å². The Bertz CT molecular complexity index is 691. The van der Waals surface area contributed by atoms with Gasteiger partial charge in [-0.25, -0.2) is 4.79 Å². The van der Waals surface area contributed by atoms with E-state index in [4.69, 9.17) is 4.52 Å². The number of aryl methyl sites for hydroxylation is 1. The molecule has 2 aromatic rings. The third-order valence-corrected chi connectivity index (χ3v) is 3.22. The molecule has 110 valence electrons. The van der Waals surface area contributed by atoms with Crippen LogP contribution >= 0.6 is 11.3 Å². The van der Waals surface area contributed by atoms with Crippen LogP contribution in [-0.4, -0.2) is 30.2 Å². The van der Waals surface area contributed by atoms with Crippen molar-refractivity contribution < 1.29 is 23.6 Å². The third-order valence-electron chi connectivity index (χ3n) is 2.39. The van der Waals surface area contributed by atoms with Gasteiger partial charge < -0.3 is 14.6 Å². The number of methoxy groups -OCH3 is 1. The first kappa shape index (κ1) is 14.7. The molecule has 0 aromatic carbocycles. The number of ether oxygens (including phenoxy) is 1. The number of rotatable bonds is 3. The molecular weight excluding hydrogens is 298 g/mol. The molecule has 2 aromatic heterocycles. The van der Waals surface area contributed by atoms with Crippen LogP contribution in [0.1, 0.15) is 26.6 Å². The summed E-state index contributed by atoms with van der Waals surface area (Å²) in [6.07, 6.45) is -0.880. The van der Waals surface area contributed by atoms with Crippen LogP contribution in [0.3, 0.4) is 0 Å². The number of nitrogens with one attached hydrogen (secondary N) is 2. The number of amides is 3. The van der Waals surface area contributed by atoms with Gasteiger partial charge in [-0.3, -0.25) is 14.9 Å². The summed E-state index contributed by atoms with van der Waals surface area (Å²) in [5.41, 5.74) is 0.713. The highest BCUT2D eigenvalue weighted by Gasteiger charge is 2.19. The number of hydrogen-bond acceptors (Lipinski definition) is 7. The largest absolute Gasteiger partial charge is 0.453 e. The molecule has 0 aliphatic rings. The molecular formula is C12H11N3O5S. The maximum absolute atomic E-state index is 11.9. The number of anilines is 1. The van der Waals surface area contributed by atoms with Gasteiger partial charge in [-0.05, 0) is 18.4 Å². The Hall–Kier alpha value is -2.68. The van der Waals surface area contributed by atoms with Gasteiger partial charge in [-0.15, -0.1) is 11.3 Å². The quantitative estimate of drug-likeness (QED) is 0.894. The van der Waals surface area contributed by atoms with Crippen molar-refractivity contribution in [3.63, 3.8) is 0 Å². The first-order chi connectivity index (χ1) is 10.0. The van der Waals surface area contributed by atoms with Gasteiger partial charge in [-0.2, -0.15) is 0 Å². The third kappa shape index (κ3) is 3.45. The van der Waals surface area contributed by atoms with Crippen LogP contribution in [0.5, 0.6) is 0 Å². The van der Waals surface area contributed by atoms with Crippen LogP contribution in [0.25, 0.3) is 0 Å². The Kier molecular flexibility index (Phi) is 4.33. The van der Waals surface area contributed by atoms with Crippen molar-refractivity contribution in [3.8, 4) is 0 Å². The van der Waals surface area contributed by atoms with E-state index < -0.39 is 17.9 Å². The van der Waals surface area contributed by atoms with Crippen molar-refractivity contribution in [2.45, 2.75) is 6.92 Å². The minimum atomic E-state index is -0.880.